The summed E-state index contributed by atoms with van der Waals surface area (Å²) < 4.78 is 57.8. The van der Waals surface area contributed by atoms with Crippen molar-refractivity contribution >= 4 is 15.7 Å². The van der Waals surface area contributed by atoms with E-state index >= 15 is 0 Å². The molecule has 0 heterocycles. The largest absolute Gasteiger partial charge is 0.399 e. The van der Waals surface area contributed by atoms with Gasteiger partial charge in [0.05, 0.1) is 5.60 Å². The fourth-order valence-corrected chi connectivity index (χ4v) is 2.85. The van der Waals surface area contributed by atoms with Crippen LogP contribution in [0, 0.1) is 11.6 Å². The molecule has 0 aromatic heterocycles. The Morgan fingerprint density at radius 1 is 1.38 bits per heavy atom. The zero-order valence-corrected chi connectivity index (χ0v) is 12.5. The van der Waals surface area contributed by atoms with Crippen LogP contribution in [-0.2, 0) is 14.8 Å². The fraction of sp³-hybridized carbons (Fsp3) is 0.500. The molecule has 120 valence electrons. The lowest BCUT2D eigenvalue weighted by Gasteiger charge is -2.23. The molecule has 1 rings (SSSR count). The van der Waals surface area contributed by atoms with Crippen LogP contribution in [0.5, 0.6) is 0 Å². The van der Waals surface area contributed by atoms with Crippen LogP contribution >= 0.6 is 0 Å². The van der Waals surface area contributed by atoms with Gasteiger partial charge in [0, 0.05) is 32.4 Å². The van der Waals surface area contributed by atoms with E-state index in [0.29, 0.717) is 12.1 Å². The van der Waals surface area contributed by atoms with Gasteiger partial charge in [0.1, 0.15) is 11.6 Å². The average molecular weight is 324 g/mol. The van der Waals surface area contributed by atoms with Crippen molar-refractivity contribution < 1.29 is 27.0 Å². The van der Waals surface area contributed by atoms with Gasteiger partial charge in [-0.1, -0.05) is 0 Å². The number of halogens is 2. The number of hydrogen-bond acceptors (Lipinski definition) is 5. The van der Waals surface area contributed by atoms with Gasteiger partial charge in [-0.2, -0.15) is 0 Å². The first-order valence-electron chi connectivity index (χ1n) is 6.04. The fourth-order valence-electron chi connectivity index (χ4n) is 1.57. The van der Waals surface area contributed by atoms with Crippen molar-refractivity contribution in [2.45, 2.75) is 23.8 Å². The molecular formula is C12H18F2N2O4S. The third-order valence-corrected chi connectivity index (χ3v) is 4.23. The van der Waals surface area contributed by atoms with Crippen LogP contribution in [0.2, 0.25) is 0 Å². The molecule has 6 nitrogen and oxygen atoms in total. The van der Waals surface area contributed by atoms with Crippen LogP contribution in [0.4, 0.5) is 14.5 Å². The SMILES string of the molecule is COCCC(C)(O)CNS(=O)(=O)c1c(F)cc(N)cc1F. The Morgan fingerprint density at radius 2 is 1.90 bits per heavy atom. The van der Waals surface area contributed by atoms with Crippen molar-refractivity contribution in [1.29, 1.82) is 0 Å². The van der Waals surface area contributed by atoms with Crippen LogP contribution in [0.3, 0.4) is 0 Å². The number of aliphatic hydroxyl groups is 1. The number of nitrogens with two attached hydrogens (primary N) is 1. The maximum Gasteiger partial charge on any atom is 0.246 e. The highest BCUT2D eigenvalue weighted by atomic mass is 32.2. The summed E-state index contributed by atoms with van der Waals surface area (Å²) in [5, 5.41) is 9.92. The molecule has 1 aromatic rings. The number of benzene rings is 1. The first-order chi connectivity index (χ1) is 9.59. The van der Waals surface area contributed by atoms with E-state index in [1.165, 1.54) is 14.0 Å². The second kappa shape index (κ2) is 6.65. The summed E-state index contributed by atoms with van der Waals surface area (Å²) in [5.41, 5.74) is 3.58. The summed E-state index contributed by atoms with van der Waals surface area (Å²) in [7, 11) is -3.02. The molecule has 0 fully saturated rings. The summed E-state index contributed by atoms with van der Waals surface area (Å²) in [4.78, 5) is -1.13. The molecule has 1 aromatic carbocycles. The first kappa shape index (κ1) is 17.8. The Bertz CT molecular complexity index is 582. The number of ether oxygens (including phenoxy) is 1. The van der Waals surface area contributed by atoms with E-state index in [1.54, 1.807) is 0 Å². The molecule has 0 aliphatic heterocycles. The highest BCUT2D eigenvalue weighted by Gasteiger charge is 2.28. The Hall–Kier alpha value is -1.29. The highest BCUT2D eigenvalue weighted by Crippen LogP contribution is 2.22. The maximum atomic E-state index is 13.6. The quantitative estimate of drug-likeness (QED) is 0.638. The van der Waals surface area contributed by atoms with E-state index < -0.39 is 38.7 Å². The van der Waals surface area contributed by atoms with Gasteiger partial charge in [0.25, 0.3) is 0 Å². The lowest BCUT2D eigenvalue weighted by molar-refractivity contribution is 0.0291. The summed E-state index contributed by atoms with van der Waals surface area (Å²) in [5.74, 6) is -2.59. The van der Waals surface area contributed by atoms with E-state index in [0.717, 1.165) is 0 Å². The van der Waals surface area contributed by atoms with Crippen molar-refractivity contribution in [3.8, 4) is 0 Å². The summed E-state index contributed by atoms with van der Waals surface area (Å²) in [6, 6.07) is 1.42. The molecule has 0 saturated carbocycles. The number of rotatable bonds is 7. The Kier molecular flexibility index (Phi) is 5.62. The number of methoxy groups -OCH3 is 1. The number of anilines is 1. The van der Waals surface area contributed by atoms with Crippen molar-refractivity contribution in [1.82, 2.24) is 4.72 Å². The minimum atomic E-state index is -4.45. The minimum Gasteiger partial charge on any atom is -0.399 e. The predicted molar refractivity (Wildman–Crippen MR) is 73.1 cm³/mol. The van der Waals surface area contributed by atoms with Crippen LogP contribution in [0.1, 0.15) is 13.3 Å². The lowest BCUT2D eigenvalue weighted by Crippen LogP contribution is -2.41. The Balaban J connectivity index is 2.93. The molecule has 9 heteroatoms. The number of sulfonamides is 1. The molecule has 21 heavy (non-hydrogen) atoms. The standard InChI is InChI=1S/C12H18F2N2O4S/c1-12(17,3-4-20-2)7-16-21(18,19)11-9(13)5-8(15)6-10(11)14/h5-6,16-17H,3-4,7,15H2,1-2H3. The molecule has 1 unspecified atom stereocenters. The van der Waals surface area contributed by atoms with Crippen LogP contribution in [0.25, 0.3) is 0 Å². The minimum absolute atomic E-state index is 0.152. The monoisotopic (exact) mass is 324 g/mol. The van der Waals surface area contributed by atoms with E-state index in [2.05, 4.69) is 0 Å². The first-order valence-corrected chi connectivity index (χ1v) is 7.53. The number of nitrogen functional groups attached to an aromatic ring is 1. The molecule has 1 atom stereocenters. The molecule has 4 N–H and O–H groups in total. The third kappa shape index (κ3) is 4.88. The van der Waals surface area contributed by atoms with Crippen LogP contribution in [-0.4, -0.2) is 39.4 Å². The average Bonchev–Trinajstić information content (AvgIpc) is 2.33. The van der Waals surface area contributed by atoms with Gasteiger partial charge in [0.15, 0.2) is 4.90 Å². The Morgan fingerprint density at radius 3 is 2.38 bits per heavy atom. The zero-order chi connectivity index (χ0) is 16.3. The summed E-state index contributed by atoms with van der Waals surface area (Å²) in [6.45, 7) is 1.17. The molecule has 0 aliphatic rings. The predicted octanol–water partition coefficient (Wildman–Crippen LogP) is 0.613. The topological polar surface area (TPSA) is 102 Å². The van der Waals surface area contributed by atoms with Gasteiger partial charge >= 0.3 is 0 Å². The third-order valence-electron chi connectivity index (χ3n) is 2.78. The second-order valence-corrected chi connectivity index (χ2v) is 6.58. The van der Waals surface area contributed by atoms with Gasteiger partial charge in [-0.05, 0) is 19.1 Å². The number of nitrogens with one attached hydrogen (secondary N) is 1. The van der Waals surface area contributed by atoms with Gasteiger partial charge < -0.3 is 15.6 Å². The van der Waals surface area contributed by atoms with Gasteiger partial charge in [-0.25, -0.2) is 21.9 Å². The van der Waals surface area contributed by atoms with E-state index in [4.69, 9.17) is 10.5 Å². The molecule has 0 spiro atoms. The van der Waals surface area contributed by atoms with Crippen molar-refractivity contribution in [3.63, 3.8) is 0 Å². The molecular weight excluding hydrogens is 306 g/mol. The smallest absolute Gasteiger partial charge is 0.246 e. The Labute approximate surface area is 122 Å². The van der Waals surface area contributed by atoms with Crippen LogP contribution < -0.4 is 10.5 Å². The second-order valence-electron chi connectivity index (χ2n) is 4.88. The molecule has 0 radical (unpaired) electrons. The van der Waals surface area contributed by atoms with Crippen LogP contribution in [0.15, 0.2) is 17.0 Å². The maximum absolute atomic E-state index is 13.6. The highest BCUT2D eigenvalue weighted by molar-refractivity contribution is 7.89. The number of hydrogen-bond donors (Lipinski definition) is 3. The van der Waals surface area contributed by atoms with Gasteiger partial charge in [0.2, 0.25) is 10.0 Å². The normalized spacial score (nSPS) is 14.9. The van der Waals surface area contributed by atoms with E-state index in [1.807, 2.05) is 4.72 Å². The van der Waals surface area contributed by atoms with Crippen molar-refractivity contribution in [2.24, 2.45) is 0 Å². The molecule has 0 amide bonds. The lowest BCUT2D eigenvalue weighted by atomic mass is 10.0. The van der Waals surface area contributed by atoms with Gasteiger partial charge in [-0.15, -0.1) is 0 Å². The summed E-state index contributed by atoms with van der Waals surface area (Å²) >= 11 is 0. The van der Waals surface area contributed by atoms with E-state index in [-0.39, 0.29) is 18.7 Å². The van der Waals surface area contributed by atoms with E-state index in [9.17, 15) is 22.3 Å². The molecule has 0 bridgehead atoms. The van der Waals surface area contributed by atoms with Crippen molar-refractivity contribution in [3.05, 3.63) is 23.8 Å². The molecule has 0 aliphatic carbocycles. The van der Waals surface area contributed by atoms with Crippen molar-refractivity contribution in [2.75, 3.05) is 26.0 Å². The molecule has 0 saturated heterocycles. The zero-order valence-electron chi connectivity index (χ0n) is 11.7. The van der Waals surface area contributed by atoms with Gasteiger partial charge in [-0.3, -0.25) is 0 Å². The summed E-state index contributed by atoms with van der Waals surface area (Å²) in [6.07, 6.45) is 0.152.